The zero-order chi connectivity index (χ0) is 18.4. The van der Waals surface area contributed by atoms with Gasteiger partial charge in [-0.25, -0.2) is 4.79 Å². The fourth-order valence-electron chi connectivity index (χ4n) is 2.08. The van der Waals surface area contributed by atoms with Gasteiger partial charge < -0.3 is 19.5 Å². The van der Waals surface area contributed by atoms with Crippen LogP contribution in [0.2, 0.25) is 5.02 Å². The molecule has 0 radical (unpaired) electrons. The standard InChI is InChI=1S/C18H18ClNO5/c1-11(17(21)20-13-7-5-4-6-8-13)25-18(22)12-9-14(19)16(24-3)15(10-12)23-2/h4-11H,1-3H3,(H,20,21)/t11-/m0/s1. The lowest BCUT2D eigenvalue weighted by Crippen LogP contribution is -2.30. The van der Waals surface area contributed by atoms with Crippen molar-refractivity contribution in [3.8, 4) is 11.5 Å². The van der Waals surface area contributed by atoms with Crippen molar-refractivity contribution in [2.45, 2.75) is 13.0 Å². The van der Waals surface area contributed by atoms with Gasteiger partial charge in [0.15, 0.2) is 17.6 Å². The van der Waals surface area contributed by atoms with Crippen molar-refractivity contribution in [3.63, 3.8) is 0 Å². The van der Waals surface area contributed by atoms with Crippen LogP contribution < -0.4 is 14.8 Å². The maximum atomic E-state index is 12.3. The van der Waals surface area contributed by atoms with Crippen molar-refractivity contribution >= 4 is 29.2 Å². The van der Waals surface area contributed by atoms with Crippen LogP contribution in [0.15, 0.2) is 42.5 Å². The van der Waals surface area contributed by atoms with E-state index in [0.29, 0.717) is 17.2 Å². The molecular formula is C18H18ClNO5. The van der Waals surface area contributed by atoms with E-state index >= 15 is 0 Å². The quantitative estimate of drug-likeness (QED) is 0.794. The van der Waals surface area contributed by atoms with Crippen LogP contribution in [-0.4, -0.2) is 32.2 Å². The number of hydrogen-bond donors (Lipinski definition) is 1. The fourth-order valence-corrected chi connectivity index (χ4v) is 2.37. The van der Waals surface area contributed by atoms with Gasteiger partial charge in [-0.05, 0) is 31.2 Å². The normalized spacial score (nSPS) is 11.4. The molecule has 1 atom stereocenters. The van der Waals surface area contributed by atoms with E-state index in [-0.39, 0.29) is 10.6 Å². The van der Waals surface area contributed by atoms with E-state index < -0.39 is 18.0 Å². The highest BCUT2D eigenvalue weighted by molar-refractivity contribution is 6.32. The number of benzene rings is 2. The van der Waals surface area contributed by atoms with E-state index in [9.17, 15) is 9.59 Å². The lowest BCUT2D eigenvalue weighted by Gasteiger charge is -2.15. The minimum Gasteiger partial charge on any atom is -0.493 e. The third-order valence-corrected chi connectivity index (χ3v) is 3.64. The highest BCUT2D eigenvalue weighted by atomic mass is 35.5. The second kappa shape index (κ2) is 8.39. The number of anilines is 1. The van der Waals surface area contributed by atoms with Gasteiger partial charge >= 0.3 is 5.97 Å². The van der Waals surface area contributed by atoms with Gasteiger partial charge in [-0.1, -0.05) is 29.8 Å². The number of carbonyl (C=O) groups is 2. The van der Waals surface area contributed by atoms with Gasteiger partial charge in [0.1, 0.15) is 0 Å². The summed E-state index contributed by atoms with van der Waals surface area (Å²) in [5.41, 5.74) is 0.770. The molecule has 2 aromatic carbocycles. The second-order valence-corrected chi connectivity index (χ2v) is 5.50. The summed E-state index contributed by atoms with van der Waals surface area (Å²) >= 11 is 6.07. The number of amides is 1. The Morgan fingerprint density at radius 1 is 1.08 bits per heavy atom. The van der Waals surface area contributed by atoms with E-state index in [1.165, 1.54) is 33.3 Å². The molecule has 0 aliphatic heterocycles. The highest BCUT2D eigenvalue weighted by Crippen LogP contribution is 2.36. The number of rotatable bonds is 6. The molecule has 0 saturated carbocycles. The third kappa shape index (κ3) is 4.64. The molecule has 2 aromatic rings. The number of nitrogens with one attached hydrogen (secondary N) is 1. The lowest BCUT2D eigenvalue weighted by atomic mass is 10.2. The Morgan fingerprint density at radius 2 is 1.76 bits per heavy atom. The Balaban J connectivity index is 2.08. The zero-order valence-corrected chi connectivity index (χ0v) is 14.8. The van der Waals surface area contributed by atoms with Crippen LogP contribution in [0.1, 0.15) is 17.3 Å². The summed E-state index contributed by atoms with van der Waals surface area (Å²) in [7, 11) is 2.87. The minimum atomic E-state index is -0.987. The number of methoxy groups -OCH3 is 2. The first-order valence-electron chi connectivity index (χ1n) is 7.44. The Bertz CT molecular complexity index is 764. The van der Waals surface area contributed by atoms with Gasteiger partial charge in [0.25, 0.3) is 5.91 Å². The van der Waals surface area contributed by atoms with Gasteiger partial charge in [-0.2, -0.15) is 0 Å². The van der Waals surface area contributed by atoms with Crippen LogP contribution in [0.5, 0.6) is 11.5 Å². The summed E-state index contributed by atoms with van der Waals surface area (Å²) in [5, 5.41) is 2.87. The first-order chi connectivity index (χ1) is 12.0. The predicted octanol–water partition coefficient (Wildman–Crippen LogP) is 3.54. The third-order valence-electron chi connectivity index (χ3n) is 3.36. The molecule has 0 spiro atoms. The average Bonchev–Trinajstić information content (AvgIpc) is 2.61. The molecule has 1 amide bonds. The number of esters is 1. The molecule has 132 valence electrons. The first-order valence-corrected chi connectivity index (χ1v) is 7.82. The maximum absolute atomic E-state index is 12.3. The van der Waals surface area contributed by atoms with Crippen LogP contribution in [-0.2, 0) is 9.53 Å². The molecule has 0 saturated heterocycles. The van der Waals surface area contributed by atoms with E-state index in [1.54, 1.807) is 24.3 Å². The summed E-state index contributed by atoms with van der Waals surface area (Å²) in [4.78, 5) is 24.4. The maximum Gasteiger partial charge on any atom is 0.339 e. The van der Waals surface area contributed by atoms with Crippen molar-refractivity contribution < 1.29 is 23.8 Å². The molecule has 0 heterocycles. The van der Waals surface area contributed by atoms with Gasteiger partial charge in [0.2, 0.25) is 0 Å². The van der Waals surface area contributed by atoms with Crippen LogP contribution in [0.25, 0.3) is 0 Å². The molecule has 7 heteroatoms. The van der Waals surface area contributed by atoms with Crippen LogP contribution in [0.4, 0.5) is 5.69 Å². The molecule has 0 aliphatic rings. The predicted molar refractivity (Wildman–Crippen MR) is 94.5 cm³/mol. The highest BCUT2D eigenvalue weighted by Gasteiger charge is 2.21. The molecular weight excluding hydrogens is 346 g/mol. The molecule has 6 nitrogen and oxygen atoms in total. The van der Waals surface area contributed by atoms with Crippen molar-refractivity contribution in [1.29, 1.82) is 0 Å². The van der Waals surface area contributed by atoms with Crippen LogP contribution in [0.3, 0.4) is 0 Å². The van der Waals surface area contributed by atoms with Crippen molar-refractivity contribution in [1.82, 2.24) is 0 Å². The SMILES string of the molecule is COc1cc(C(=O)O[C@@H](C)C(=O)Nc2ccccc2)cc(Cl)c1OC. The monoisotopic (exact) mass is 363 g/mol. The van der Waals surface area contributed by atoms with Crippen LogP contribution in [0, 0.1) is 0 Å². The Hall–Kier alpha value is -2.73. The molecule has 0 aliphatic carbocycles. The fraction of sp³-hybridized carbons (Fsp3) is 0.222. The number of ether oxygens (including phenoxy) is 3. The van der Waals surface area contributed by atoms with Crippen molar-refractivity contribution in [3.05, 3.63) is 53.1 Å². The largest absolute Gasteiger partial charge is 0.493 e. The number of carbonyl (C=O) groups excluding carboxylic acids is 2. The smallest absolute Gasteiger partial charge is 0.339 e. The van der Waals surface area contributed by atoms with E-state index in [4.69, 9.17) is 25.8 Å². The first kappa shape index (κ1) is 18.6. The van der Waals surface area contributed by atoms with Crippen molar-refractivity contribution in [2.24, 2.45) is 0 Å². The minimum absolute atomic E-state index is 0.155. The van der Waals surface area contributed by atoms with Gasteiger partial charge in [0.05, 0.1) is 24.8 Å². The molecule has 0 bridgehead atoms. The second-order valence-electron chi connectivity index (χ2n) is 5.10. The average molecular weight is 364 g/mol. The number of para-hydroxylation sites is 1. The molecule has 0 aromatic heterocycles. The van der Waals surface area contributed by atoms with Gasteiger partial charge in [-0.15, -0.1) is 0 Å². The Kier molecular flexibility index (Phi) is 6.25. The van der Waals surface area contributed by atoms with E-state index in [0.717, 1.165) is 0 Å². The van der Waals surface area contributed by atoms with Gasteiger partial charge in [0, 0.05) is 5.69 Å². The molecule has 2 rings (SSSR count). The summed E-state index contributed by atoms with van der Waals surface area (Å²) in [6.45, 7) is 1.48. The summed E-state index contributed by atoms with van der Waals surface area (Å²) < 4.78 is 15.4. The molecule has 1 N–H and O–H groups in total. The lowest BCUT2D eigenvalue weighted by molar-refractivity contribution is -0.123. The van der Waals surface area contributed by atoms with Crippen LogP contribution >= 0.6 is 11.6 Å². The molecule has 0 fully saturated rings. The summed E-state index contributed by atoms with van der Waals surface area (Å²) in [6.07, 6.45) is -0.987. The molecule has 0 unspecified atom stereocenters. The van der Waals surface area contributed by atoms with E-state index in [1.807, 2.05) is 6.07 Å². The zero-order valence-electron chi connectivity index (χ0n) is 14.0. The van der Waals surface area contributed by atoms with Crippen molar-refractivity contribution in [2.75, 3.05) is 19.5 Å². The van der Waals surface area contributed by atoms with Gasteiger partial charge in [-0.3, -0.25) is 4.79 Å². The Labute approximate surface area is 150 Å². The number of hydrogen-bond acceptors (Lipinski definition) is 5. The Morgan fingerprint density at radius 3 is 2.36 bits per heavy atom. The molecule has 25 heavy (non-hydrogen) atoms. The topological polar surface area (TPSA) is 73.9 Å². The summed E-state index contributed by atoms with van der Waals surface area (Å²) in [6, 6.07) is 11.7. The number of halogens is 1. The van der Waals surface area contributed by atoms with E-state index in [2.05, 4.69) is 5.32 Å². The summed E-state index contributed by atoms with van der Waals surface area (Å²) in [5.74, 6) is -0.524.